The molecule has 24 valence electrons. The van der Waals surface area contributed by atoms with E-state index in [1.807, 2.05) is 0 Å². The fourth-order valence-corrected chi connectivity index (χ4v) is 0. The van der Waals surface area contributed by atoms with Crippen molar-refractivity contribution in [1.82, 2.24) is 0 Å². The molecule has 0 aliphatic heterocycles. The van der Waals surface area contributed by atoms with Gasteiger partial charge in [-0.25, -0.2) is 4.79 Å². The van der Waals surface area contributed by atoms with Crippen LogP contribution in [-0.2, 0) is 4.79 Å². The Bertz CT molecular complexity index is 49.6. The van der Waals surface area contributed by atoms with Gasteiger partial charge in [0.2, 0.25) is 6.08 Å². The van der Waals surface area contributed by atoms with Crippen LogP contribution >= 0.6 is 12.8 Å². The van der Waals surface area contributed by atoms with Crippen LogP contribution in [0.4, 0.5) is 0 Å². The van der Waals surface area contributed by atoms with Gasteiger partial charge in [-0.3, -0.25) is 0 Å². The molecule has 0 spiro atoms. The summed E-state index contributed by atoms with van der Waals surface area (Å²) in [5.74, 6) is 0. The zero-order valence-electron chi connectivity index (χ0n) is 1.80. The average molecular weight is 115 g/mol. The molecule has 0 rings (SSSR count). The van der Waals surface area contributed by atoms with Crippen molar-refractivity contribution in [3.63, 3.8) is 0 Å². The van der Waals surface area contributed by atoms with Crippen LogP contribution in [0.1, 0.15) is 0 Å². The van der Waals surface area contributed by atoms with E-state index in [1.165, 1.54) is 6.08 Å². The number of rotatable bonds is 0. The Labute approximate surface area is 78.0 Å². The van der Waals surface area contributed by atoms with Gasteiger partial charge in [0.25, 0.3) is 0 Å². The van der Waals surface area contributed by atoms with Gasteiger partial charge in [-0.2, -0.15) is 0 Å². The molecule has 0 saturated heterocycles. The Kier molecular flexibility index (Phi) is 17.4. The molecule has 0 unspecified atom stereocenters. The SMILES string of the molecule is O=C=NS.[KH]. The third kappa shape index (κ3) is 10.9. The first kappa shape index (κ1) is 9.62. The van der Waals surface area contributed by atoms with Gasteiger partial charge in [-0.05, 0) is 12.8 Å². The summed E-state index contributed by atoms with van der Waals surface area (Å²) in [4.78, 5) is 8.81. The summed E-state index contributed by atoms with van der Waals surface area (Å²) in [6.45, 7) is 0. The van der Waals surface area contributed by atoms with Gasteiger partial charge in [0, 0.05) is 0 Å². The first-order chi connectivity index (χ1) is 1.91. The van der Waals surface area contributed by atoms with E-state index < -0.39 is 0 Å². The molecule has 0 aliphatic rings. The molecule has 0 heterocycles. The Hall–Kier alpha value is 1.37. The van der Waals surface area contributed by atoms with E-state index >= 15 is 0 Å². The average Bonchev–Trinajstić information content (AvgIpc) is 1.37. The third-order valence-electron chi connectivity index (χ3n) is 0.0408. The standard InChI is InChI=1S/CHNOS.K.H/c3-1-2-4;;/h4H;;. The summed E-state index contributed by atoms with van der Waals surface area (Å²) in [5, 5.41) is 0. The van der Waals surface area contributed by atoms with Crippen molar-refractivity contribution >= 4 is 70.3 Å². The number of hydrogen-bond donors (Lipinski definition) is 1. The predicted octanol–water partition coefficient (Wildman–Crippen LogP) is -0.482. The van der Waals surface area contributed by atoms with Crippen molar-refractivity contribution in [3.8, 4) is 0 Å². The number of carbonyl (C=O) groups excluding carboxylic acids is 1. The van der Waals surface area contributed by atoms with E-state index in [0.29, 0.717) is 0 Å². The minimum absolute atomic E-state index is 0. The zero-order chi connectivity index (χ0) is 3.41. The summed E-state index contributed by atoms with van der Waals surface area (Å²) in [6.07, 6.45) is 1.17. The molecule has 4 heteroatoms. The van der Waals surface area contributed by atoms with Crippen molar-refractivity contribution in [2.75, 3.05) is 0 Å². The molecule has 2 nitrogen and oxygen atoms in total. The number of hydrogen-bond acceptors (Lipinski definition) is 3. The normalized spacial score (nSPS) is 3.40. The van der Waals surface area contributed by atoms with Crippen LogP contribution in [0.25, 0.3) is 0 Å². The van der Waals surface area contributed by atoms with Gasteiger partial charge in [-0.15, -0.1) is 4.40 Å². The molecule has 0 bridgehead atoms. The van der Waals surface area contributed by atoms with E-state index in [2.05, 4.69) is 17.2 Å². The minimum atomic E-state index is 0. The van der Waals surface area contributed by atoms with Crippen molar-refractivity contribution in [2.45, 2.75) is 0 Å². The zero-order valence-corrected chi connectivity index (χ0v) is 2.70. The molecule has 0 aromatic rings. The molecular weight excluding hydrogens is 113 g/mol. The molecule has 0 amide bonds. The van der Waals surface area contributed by atoms with E-state index in [0.717, 1.165) is 0 Å². The van der Waals surface area contributed by atoms with Crippen molar-refractivity contribution in [1.29, 1.82) is 0 Å². The molecule has 0 aromatic carbocycles. The molecule has 0 saturated carbocycles. The van der Waals surface area contributed by atoms with Crippen LogP contribution in [-0.4, -0.2) is 57.5 Å². The van der Waals surface area contributed by atoms with E-state index in [4.69, 9.17) is 4.79 Å². The molecule has 0 N–H and O–H groups in total. The third-order valence-corrected chi connectivity index (χ3v) is 0.122. The first-order valence-electron chi connectivity index (χ1n) is 0.628. The number of isocyanates is 1. The van der Waals surface area contributed by atoms with Crippen molar-refractivity contribution in [3.05, 3.63) is 0 Å². The van der Waals surface area contributed by atoms with E-state index in [9.17, 15) is 0 Å². The predicted molar refractivity (Wildman–Crippen MR) is 24.3 cm³/mol. The van der Waals surface area contributed by atoms with Gasteiger partial charge in [0.15, 0.2) is 0 Å². The van der Waals surface area contributed by atoms with Crippen LogP contribution in [0.15, 0.2) is 4.40 Å². The monoisotopic (exact) mass is 115 g/mol. The number of nitrogens with zero attached hydrogens (tertiary/aromatic N) is 1. The van der Waals surface area contributed by atoms with Crippen LogP contribution in [0.3, 0.4) is 0 Å². The van der Waals surface area contributed by atoms with Gasteiger partial charge in [0.05, 0.1) is 0 Å². The Balaban J connectivity index is 0. The van der Waals surface area contributed by atoms with Gasteiger partial charge >= 0.3 is 51.4 Å². The quantitative estimate of drug-likeness (QED) is 0.196. The van der Waals surface area contributed by atoms with Crippen LogP contribution in [0.5, 0.6) is 0 Å². The summed E-state index contributed by atoms with van der Waals surface area (Å²) in [7, 11) is 0. The summed E-state index contributed by atoms with van der Waals surface area (Å²) < 4.78 is 2.62. The second-order valence-electron chi connectivity index (χ2n) is 0.191. The summed E-state index contributed by atoms with van der Waals surface area (Å²) in [6, 6.07) is 0. The van der Waals surface area contributed by atoms with Gasteiger partial charge in [-0.1, -0.05) is 0 Å². The van der Waals surface area contributed by atoms with E-state index in [-0.39, 0.29) is 51.4 Å². The summed E-state index contributed by atoms with van der Waals surface area (Å²) >= 11 is 3.12. The van der Waals surface area contributed by atoms with E-state index in [1.54, 1.807) is 0 Å². The molecule has 0 aliphatic carbocycles. The maximum atomic E-state index is 8.81. The topological polar surface area (TPSA) is 29.4 Å². The first-order valence-corrected chi connectivity index (χ1v) is 1.03. The fraction of sp³-hybridized carbons (Fsp3) is 0. The van der Waals surface area contributed by atoms with Crippen molar-refractivity contribution < 1.29 is 4.79 Å². The second kappa shape index (κ2) is 9.03. The Morgan fingerprint density at radius 2 is 2.00 bits per heavy atom. The molecule has 0 atom stereocenters. The molecular formula is CH2KNOS. The molecule has 0 aromatic heterocycles. The Morgan fingerprint density at radius 1 is 1.80 bits per heavy atom. The van der Waals surface area contributed by atoms with Gasteiger partial charge in [0.1, 0.15) is 0 Å². The molecule has 5 heavy (non-hydrogen) atoms. The maximum absolute atomic E-state index is 8.81. The van der Waals surface area contributed by atoms with Crippen LogP contribution in [0.2, 0.25) is 0 Å². The second-order valence-corrected chi connectivity index (χ2v) is 0.391. The van der Waals surface area contributed by atoms with Crippen LogP contribution in [0, 0.1) is 0 Å². The van der Waals surface area contributed by atoms with Crippen molar-refractivity contribution in [2.24, 2.45) is 4.40 Å². The summed E-state index contributed by atoms with van der Waals surface area (Å²) in [5.41, 5.74) is 0. The molecule has 0 radical (unpaired) electrons. The fourth-order valence-electron chi connectivity index (χ4n) is 0. The molecule has 0 fully saturated rings. The van der Waals surface area contributed by atoms with Crippen LogP contribution < -0.4 is 0 Å². The Morgan fingerprint density at radius 3 is 2.00 bits per heavy atom. The van der Waals surface area contributed by atoms with Gasteiger partial charge < -0.3 is 0 Å². The number of thiol groups is 1.